The summed E-state index contributed by atoms with van der Waals surface area (Å²) in [4.78, 5) is 15.7. The second kappa shape index (κ2) is 6.86. The third-order valence-electron chi connectivity index (χ3n) is 3.03. The SMILES string of the molecule is COCCCCNc1cc(C(=O)O)c2ccccc2n1. The number of unbranched alkanes of at least 4 members (excludes halogenated alkanes) is 1. The van der Waals surface area contributed by atoms with Gasteiger partial charge >= 0.3 is 5.97 Å². The molecular weight excluding hydrogens is 256 g/mol. The number of rotatable bonds is 7. The lowest BCUT2D eigenvalue weighted by Gasteiger charge is -2.09. The zero-order chi connectivity index (χ0) is 14.4. The van der Waals surface area contributed by atoms with Crippen LogP contribution in [0, 0.1) is 0 Å². The molecule has 5 nitrogen and oxygen atoms in total. The number of hydrogen-bond acceptors (Lipinski definition) is 4. The molecule has 0 aliphatic heterocycles. The van der Waals surface area contributed by atoms with E-state index in [1.807, 2.05) is 18.2 Å². The Hall–Kier alpha value is -2.14. The molecule has 0 fully saturated rings. The van der Waals surface area contributed by atoms with Crippen LogP contribution in [-0.4, -0.2) is 36.3 Å². The van der Waals surface area contributed by atoms with Gasteiger partial charge in [-0.2, -0.15) is 0 Å². The molecule has 0 aliphatic rings. The normalized spacial score (nSPS) is 10.7. The summed E-state index contributed by atoms with van der Waals surface area (Å²) in [7, 11) is 1.68. The summed E-state index contributed by atoms with van der Waals surface area (Å²) in [5.74, 6) is -0.343. The van der Waals surface area contributed by atoms with Crippen LogP contribution < -0.4 is 5.32 Å². The van der Waals surface area contributed by atoms with Crippen molar-refractivity contribution in [2.45, 2.75) is 12.8 Å². The lowest BCUT2D eigenvalue weighted by atomic mass is 10.1. The topological polar surface area (TPSA) is 71.5 Å². The maximum absolute atomic E-state index is 11.3. The van der Waals surface area contributed by atoms with Crippen LogP contribution in [0.4, 0.5) is 5.82 Å². The van der Waals surface area contributed by atoms with Gasteiger partial charge in [0.2, 0.25) is 0 Å². The van der Waals surface area contributed by atoms with Crippen LogP contribution in [0.25, 0.3) is 10.9 Å². The maximum atomic E-state index is 11.3. The predicted molar refractivity (Wildman–Crippen MR) is 78.3 cm³/mol. The fraction of sp³-hybridized carbons (Fsp3) is 0.333. The highest BCUT2D eigenvalue weighted by atomic mass is 16.5. The van der Waals surface area contributed by atoms with Crippen LogP contribution in [0.2, 0.25) is 0 Å². The molecular formula is C15H18N2O3. The van der Waals surface area contributed by atoms with Gasteiger partial charge in [-0.05, 0) is 25.0 Å². The number of nitrogens with zero attached hydrogens (tertiary/aromatic N) is 1. The number of carboxylic acids is 1. The molecule has 0 amide bonds. The highest BCUT2D eigenvalue weighted by Crippen LogP contribution is 2.20. The van der Waals surface area contributed by atoms with Crippen molar-refractivity contribution in [2.75, 3.05) is 25.6 Å². The number of ether oxygens (including phenoxy) is 1. The molecule has 0 unspecified atom stereocenters. The highest BCUT2D eigenvalue weighted by Gasteiger charge is 2.11. The molecule has 0 saturated carbocycles. The lowest BCUT2D eigenvalue weighted by molar-refractivity contribution is 0.0699. The van der Waals surface area contributed by atoms with E-state index in [0.29, 0.717) is 16.7 Å². The van der Waals surface area contributed by atoms with Gasteiger partial charge in [0.25, 0.3) is 0 Å². The van der Waals surface area contributed by atoms with Gasteiger partial charge in [-0.25, -0.2) is 9.78 Å². The fourth-order valence-corrected chi connectivity index (χ4v) is 2.03. The molecule has 1 heterocycles. The molecule has 2 rings (SSSR count). The zero-order valence-electron chi connectivity index (χ0n) is 11.4. The van der Waals surface area contributed by atoms with E-state index >= 15 is 0 Å². The van der Waals surface area contributed by atoms with Gasteiger partial charge in [0.15, 0.2) is 0 Å². The van der Waals surface area contributed by atoms with Crippen molar-refractivity contribution in [3.8, 4) is 0 Å². The number of para-hydroxylation sites is 1. The average Bonchev–Trinajstić information content (AvgIpc) is 2.46. The van der Waals surface area contributed by atoms with Crippen LogP contribution in [-0.2, 0) is 4.74 Å². The number of pyridine rings is 1. The first kappa shape index (κ1) is 14.3. The van der Waals surface area contributed by atoms with Gasteiger partial charge in [0, 0.05) is 25.6 Å². The second-order valence-electron chi connectivity index (χ2n) is 4.50. The molecule has 0 bridgehead atoms. The summed E-state index contributed by atoms with van der Waals surface area (Å²) in [5, 5.41) is 13.1. The number of hydrogen-bond donors (Lipinski definition) is 2. The maximum Gasteiger partial charge on any atom is 0.336 e. The quantitative estimate of drug-likeness (QED) is 0.760. The van der Waals surface area contributed by atoms with E-state index in [9.17, 15) is 9.90 Å². The minimum absolute atomic E-state index is 0.273. The van der Waals surface area contributed by atoms with E-state index in [2.05, 4.69) is 10.3 Å². The van der Waals surface area contributed by atoms with Gasteiger partial charge in [0.05, 0.1) is 11.1 Å². The molecule has 5 heteroatoms. The Morgan fingerprint density at radius 3 is 2.90 bits per heavy atom. The fourth-order valence-electron chi connectivity index (χ4n) is 2.03. The number of aromatic carboxylic acids is 1. The largest absolute Gasteiger partial charge is 0.478 e. The first-order valence-corrected chi connectivity index (χ1v) is 6.58. The smallest absolute Gasteiger partial charge is 0.336 e. The Bertz CT molecular complexity index is 599. The predicted octanol–water partition coefficient (Wildman–Crippen LogP) is 2.77. The molecule has 0 atom stereocenters. The lowest BCUT2D eigenvalue weighted by Crippen LogP contribution is -2.07. The van der Waals surface area contributed by atoms with Crippen molar-refractivity contribution in [3.05, 3.63) is 35.9 Å². The minimum Gasteiger partial charge on any atom is -0.478 e. The number of aromatic nitrogens is 1. The molecule has 2 aromatic rings. The summed E-state index contributed by atoms with van der Waals surface area (Å²) < 4.78 is 4.98. The summed E-state index contributed by atoms with van der Waals surface area (Å²) in [6, 6.07) is 8.84. The van der Waals surface area contributed by atoms with Crippen molar-refractivity contribution in [1.29, 1.82) is 0 Å². The molecule has 0 spiro atoms. The molecule has 106 valence electrons. The molecule has 0 radical (unpaired) electrons. The van der Waals surface area contributed by atoms with E-state index in [1.165, 1.54) is 0 Å². The second-order valence-corrected chi connectivity index (χ2v) is 4.50. The van der Waals surface area contributed by atoms with Crippen LogP contribution in [0.5, 0.6) is 0 Å². The zero-order valence-corrected chi connectivity index (χ0v) is 11.4. The van der Waals surface area contributed by atoms with E-state index in [4.69, 9.17) is 4.74 Å². The molecule has 0 saturated heterocycles. The average molecular weight is 274 g/mol. The van der Waals surface area contributed by atoms with Gasteiger partial charge in [-0.1, -0.05) is 18.2 Å². The van der Waals surface area contributed by atoms with E-state index in [-0.39, 0.29) is 5.56 Å². The van der Waals surface area contributed by atoms with E-state index in [0.717, 1.165) is 26.0 Å². The Morgan fingerprint density at radius 2 is 2.15 bits per heavy atom. The standard InChI is InChI=1S/C15H18N2O3/c1-20-9-5-4-8-16-14-10-12(15(18)19)11-6-2-3-7-13(11)17-14/h2-3,6-7,10H,4-5,8-9H2,1H3,(H,16,17)(H,18,19). The van der Waals surface area contributed by atoms with Crippen molar-refractivity contribution in [2.24, 2.45) is 0 Å². The van der Waals surface area contributed by atoms with Gasteiger partial charge in [-0.15, -0.1) is 0 Å². The monoisotopic (exact) mass is 274 g/mol. The van der Waals surface area contributed by atoms with Gasteiger partial charge < -0.3 is 15.2 Å². The summed E-state index contributed by atoms with van der Waals surface area (Å²) in [5.41, 5.74) is 0.960. The number of nitrogens with one attached hydrogen (secondary N) is 1. The van der Waals surface area contributed by atoms with Gasteiger partial charge in [0.1, 0.15) is 5.82 Å². The number of anilines is 1. The molecule has 0 aliphatic carbocycles. The van der Waals surface area contributed by atoms with Crippen molar-refractivity contribution in [1.82, 2.24) is 4.98 Å². The third kappa shape index (κ3) is 3.45. The first-order chi connectivity index (χ1) is 9.72. The van der Waals surface area contributed by atoms with E-state index in [1.54, 1.807) is 19.2 Å². The molecule has 1 aromatic heterocycles. The number of carbonyl (C=O) groups is 1. The Balaban J connectivity index is 2.15. The Labute approximate surface area is 117 Å². The van der Waals surface area contributed by atoms with Crippen LogP contribution >= 0.6 is 0 Å². The molecule has 1 aromatic carbocycles. The van der Waals surface area contributed by atoms with E-state index < -0.39 is 5.97 Å². The Kier molecular flexibility index (Phi) is 4.90. The summed E-state index contributed by atoms with van der Waals surface area (Å²) in [6.07, 6.45) is 1.91. The van der Waals surface area contributed by atoms with Crippen LogP contribution in [0.1, 0.15) is 23.2 Å². The van der Waals surface area contributed by atoms with Crippen LogP contribution in [0.3, 0.4) is 0 Å². The first-order valence-electron chi connectivity index (χ1n) is 6.58. The number of methoxy groups -OCH3 is 1. The highest BCUT2D eigenvalue weighted by molar-refractivity contribution is 6.03. The number of carboxylic acid groups (broad SMARTS) is 1. The van der Waals surface area contributed by atoms with Crippen molar-refractivity contribution >= 4 is 22.7 Å². The minimum atomic E-state index is -0.939. The van der Waals surface area contributed by atoms with Gasteiger partial charge in [-0.3, -0.25) is 0 Å². The number of fused-ring (bicyclic) bond motifs is 1. The summed E-state index contributed by atoms with van der Waals surface area (Å²) in [6.45, 7) is 1.47. The van der Waals surface area contributed by atoms with Crippen LogP contribution in [0.15, 0.2) is 30.3 Å². The molecule has 20 heavy (non-hydrogen) atoms. The molecule has 2 N–H and O–H groups in total. The Morgan fingerprint density at radius 1 is 1.35 bits per heavy atom. The third-order valence-corrected chi connectivity index (χ3v) is 3.03. The van der Waals surface area contributed by atoms with Crippen molar-refractivity contribution < 1.29 is 14.6 Å². The number of benzene rings is 1. The van der Waals surface area contributed by atoms with Crippen molar-refractivity contribution in [3.63, 3.8) is 0 Å². The summed E-state index contributed by atoms with van der Waals surface area (Å²) >= 11 is 0.